The number of hydrogen-bond donors (Lipinski definition) is 1. The van der Waals surface area contributed by atoms with E-state index in [1.807, 2.05) is 13.8 Å². The van der Waals surface area contributed by atoms with E-state index in [1.165, 1.54) is 7.11 Å². The molecule has 1 aromatic rings. The third-order valence-corrected chi connectivity index (χ3v) is 3.56. The number of unbranched alkanes of at least 4 members (excludes halogenated alkanes) is 1. The number of hydrogen-bond acceptors (Lipinski definition) is 5. The maximum Gasteiger partial charge on any atom is 0.355 e. The highest BCUT2D eigenvalue weighted by molar-refractivity contribution is 5.89. The Kier molecular flexibility index (Phi) is 7.27. The van der Waals surface area contributed by atoms with Gasteiger partial charge in [0.05, 0.1) is 7.11 Å². The van der Waals surface area contributed by atoms with Crippen LogP contribution in [-0.2, 0) is 14.3 Å². The molecule has 0 amide bonds. The maximum absolute atomic E-state index is 12.2. The maximum atomic E-state index is 12.2. The second-order valence-corrected chi connectivity index (χ2v) is 5.19. The van der Waals surface area contributed by atoms with Gasteiger partial charge in [0.1, 0.15) is 11.7 Å². The van der Waals surface area contributed by atoms with Crippen LogP contribution in [-0.4, -0.2) is 36.1 Å². The van der Waals surface area contributed by atoms with E-state index in [9.17, 15) is 9.59 Å². The summed E-state index contributed by atoms with van der Waals surface area (Å²) < 4.78 is 12.1. The molecule has 0 bridgehead atoms. The Balaban J connectivity index is 3.10. The predicted octanol–water partition coefficient (Wildman–Crippen LogP) is 2.20. The normalized spacial score (nSPS) is 13.7. The zero-order valence-electron chi connectivity index (χ0n) is 13.8. The van der Waals surface area contributed by atoms with E-state index in [1.54, 1.807) is 23.8 Å². The van der Waals surface area contributed by atoms with Crippen molar-refractivity contribution in [1.82, 2.24) is 4.57 Å². The van der Waals surface area contributed by atoms with Gasteiger partial charge in [-0.15, -0.1) is 0 Å². The van der Waals surface area contributed by atoms with Gasteiger partial charge in [-0.1, -0.05) is 13.3 Å². The molecule has 0 aliphatic rings. The van der Waals surface area contributed by atoms with E-state index < -0.39 is 18.2 Å². The third-order valence-electron chi connectivity index (χ3n) is 3.56. The van der Waals surface area contributed by atoms with Crippen LogP contribution >= 0.6 is 0 Å². The molecule has 2 unspecified atom stereocenters. The smallest absolute Gasteiger partial charge is 0.355 e. The Morgan fingerprint density at radius 1 is 1.36 bits per heavy atom. The first kappa shape index (κ1) is 18.4. The lowest BCUT2D eigenvalue weighted by Crippen LogP contribution is -2.41. The van der Waals surface area contributed by atoms with Crippen molar-refractivity contribution < 1.29 is 19.1 Å². The minimum absolute atomic E-state index is 0.0672. The van der Waals surface area contributed by atoms with Crippen molar-refractivity contribution in [3.63, 3.8) is 0 Å². The van der Waals surface area contributed by atoms with Gasteiger partial charge >= 0.3 is 5.97 Å². The van der Waals surface area contributed by atoms with Crippen LogP contribution in [0, 0.1) is 6.92 Å². The van der Waals surface area contributed by atoms with Gasteiger partial charge in [-0.3, -0.25) is 4.79 Å². The molecule has 1 aromatic heterocycles. The lowest BCUT2D eigenvalue weighted by atomic mass is 10.1. The van der Waals surface area contributed by atoms with Crippen molar-refractivity contribution >= 4 is 11.8 Å². The van der Waals surface area contributed by atoms with E-state index in [2.05, 4.69) is 0 Å². The van der Waals surface area contributed by atoms with Crippen molar-refractivity contribution in [3.8, 4) is 0 Å². The van der Waals surface area contributed by atoms with Crippen molar-refractivity contribution in [2.75, 3.05) is 13.7 Å². The second-order valence-electron chi connectivity index (χ2n) is 5.19. The van der Waals surface area contributed by atoms with Gasteiger partial charge in [0.2, 0.25) is 0 Å². The summed E-state index contributed by atoms with van der Waals surface area (Å²) in [5.74, 6) is -0.539. The molecule has 2 N–H and O–H groups in total. The number of nitrogens with two attached hydrogens (primary N) is 1. The van der Waals surface area contributed by atoms with Crippen LogP contribution < -0.4 is 5.73 Å². The summed E-state index contributed by atoms with van der Waals surface area (Å²) in [6, 6.07) is 0.961. The Hall–Kier alpha value is -1.66. The molecule has 1 rings (SSSR count). The summed E-state index contributed by atoms with van der Waals surface area (Å²) in [6.07, 6.45) is 3.12. The lowest BCUT2D eigenvalue weighted by molar-refractivity contribution is -0.126. The number of carbonyl (C=O) groups excluding carboxylic acids is 2. The van der Waals surface area contributed by atoms with Gasteiger partial charge in [-0.25, -0.2) is 4.79 Å². The molecule has 0 spiro atoms. The minimum Gasteiger partial charge on any atom is -0.464 e. The molecule has 2 atom stereocenters. The van der Waals surface area contributed by atoms with Crippen LogP contribution in [0.5, 0.6) is 0 Å². The fraction of sp³-hybridized carbons (Fsp3) is 0.625. The molecule has 0 aliphatic heterocycles. The lowest BCUT2D eigenvalue weighted by Gasteiger charge is -2.26. The molecule has 0 fully saturated rings. The van der Waals surface area contributed by atoms with E-state index in [4.69, 9.17) is 15.2 Å². The first-order valence-corrected chi connectivity index (χ1v) is 7.63. The Bertz CT molecular complexity index is 510. The average Bonchev–Trinajstić information content (AvgIpc) is 2.90. The number of ether oxygens (including phenoxy) is 2. The first-order valence-electron chi connectivity index (χ1n) is 7.63. The average molecular weight is 310 g/mol. The number of aromatic nitrogens is 1. The van der Waals surface area contributed by atoms with E-state index >= 15 is 0 Å². The molecular weight excluding hydrogens is 284 g/mol. The van der Waals surface area contributed by atoms with Crippen LogP contribution in [0.3, 0.4) is 0 Å². The molecule has 22 heavy (non-hydrogen) atoms. The summed E-state index contributed by atoms with van der Waals surface area (Å²) in [7, 11) is 1.32. The summed E-state index contributed by atoms with van der Waals surface area (Å²) in [6.45, 7) is 6.03. The van der Waals surface area contributed by atoms with Gasteiger partial charge in [-0.2, -0.15) is 0 Å². The molecule has 0 aliphatic carbocycles. The van der Waals surface area contributed by atoms with Gasteiger partial charge in [0.25, 0.3) is 0 Å². The van der Waals surface area contributed by atoms with Gasteiger partial charge in [0, 0.05) is 19.2 Å². The second kappa shape index (κ2) is 8.70. The highest BCUT2D eigenvalue weighted by Crippen LogP contribution is 2.22. The zero-order valence-corrected chi connectivity index (χ0v) is 13.8. The Morgan fingerprint density at radius 3 is 2.59 bits per heavy atom. The molecule has 124 valence electrons. The predicted molar refractivity (Wildman–Crippen MR) is 83.7 cm³/mol. The van der Waals surface area contributed by atoms with Crippen molar-refractivity contribution in [1.29, 1.82) is 0 Å². The number of rotatable bonds is 9. The minimum atomic E-state index is -0.818. The first-order chi connectivity index (χ1) is 10.5. The molecular formula is C16H26N2O4. The molecule has 0 radical (unpaired) electrons. The quantitative estimate of drug-likeness (QED) is 0.707. The van der Waals surface area contributed by atoms with Crippen LogP contribution in [0.4, 0.5) is 0 Å². The highest BCUT2D eigenvalue weighted by Gasteiger charge is 2.29. The van der Waals surface area contributed by atoms with Crippen molar-refractivity contribution in [3.05, 3.63) is 23.5 Å². The topological polar surface area (TPSA) is 83.6 Å². The van der Waals surface area contributed by atoms with Crippen LogP contribution in [0.15, 0.2) is 12.3 Å². The van der Waals surface area contributed by atoms with Gasteiger partial charge in [0.15, 0.2) is 12.0 Å². The summed E-state index contributed by atoms with van der Waals surface area (Å²) in [5, 5.41) is 0. The summed E-state index contributed by atoms with van der Waals surface area (Å²) in [4.78, 5) is 24.2. The number of Topliss-reactive ketones (excluding diaryl/α,β-unsaturated/α-hetero) is 1. The molecule has 6 nitrogen and oxygen atoms in total. The van der Waals surface area contributed by atoms with Crippen molar-refractivity contribution in [2.24, 2.45) is 5.73 Å². The fourth-order valence-electron chi connectivity index (χ4n) is 2.33. The number of esters is 1. The molecule has 6 heteroatoms. The fourth-order valence-corrected chi connectivity index (χ4v) is 2.33. The Labute approximate surface area is 131 Å². The van der Waals surface area contributed by atoms with E-state index in [0.717, 1.165) is 18.4 Å². The molecule has 0 saturated heterocycles. The number of carbonyl (C=O) groups is 2. The number of aryl methyl sites for hydroxylation is 1. The highest BCUT2D eigenvalue weighted by atomic mass is 16.5. The Morgan fingerprint density at radius 2 is 2.05 bits per heavy atom. The molecule has 1 heterocycles. The monoisotopic (exact) mass is 310 g/mol. The number of methoxy groups -OCH3 is 1. The summed E-state index contributed by atoms with van der Waals surface area (Å²) >= 11 is 0. The molecule has 0 aromatic carbocycles. The van der Waals surface area contributed by atoms with Crippen molar-refractivity contribution in [2.45, 2.75) is 52.3 Å². The van der Waals surface area contributed by atoms with Gasteiger partial charge < -0.3 is 19.8 Å². The third kappa shape index (κ3) is 4.18. The van der Waals surface area contributed by atoms with E-state index in [0.29, 0.717) is 18.7 Å². The van der Waals surface area contributed by atoms with Crippen LogP contribution in [0.25, 0.3) is 0 Å². The summed E-state index contributed by atoms with van der Waals surface area (Å²) in [5.41, 5.74) is 7.21. The SMILES string of the molecule is CCCCC(=O)C(N)C(OCC)n1ccc(C)c1C(=O)OC. The zero-order chi connectivity index (χ0) is 16.7. The molecule has 0 saturated carbocycles. The van der Waals surface area contributed by atoms with Gasteiger partial charge in [-0.05, 0) is 31.9 Å². The van der Waals surface area contributed by atoms with E-state index in [-0.39, 0.29) is 5.78 Å². The standard InChI is InChI=1S/C16H26N2O4/c1-5-7-8-12(19)13(17)15(22-6-2)18-10-9-11(3)14(18)16(20)21-4/h9-10,13,15H,5-8,17H2,1-4H3. The largest absolute Gasteiger partial charge is 0.464 e. The number of nitrogens with zero attached hydrogens (tertiary/aromatic N) is 1. The van der Waals surface area contributed by atoms with Crippen LogP contribution in [0.1, 0.15) is 55.4 Å². The number of ketones is 1. The van der Waals surface area contributed by atoms with Crippen LogP contribution in [0.2, 0.25) is 0 Å².